The highest BCUT2D eigenvalue weighted by Gasteiger charge is 2.30. The first-order valence-electron chi connectivity index (χ1n) is 7.71. The van der Waals surface area contributed by atoms with Crippen molar-refractivity contribution in [1.82, 2.24) is 0 Å². The number of hydrogen-bond acceptors (Lipinski definition) is 2. The number of hydrogen-bond donors (Lipinski definition) is 1. The van der Waals surface area contributed by atoms with Crippen LogP contribution in [0.15, 0.2) is 18.2 Å². The van der Waals surface area contributed by atoms with Gasteiger partial charge in [-0.1, -0.05) is 45.2 Å². The zero-order valence-corrected chi connectivity index (χ0v) is 13.4. The summed E-state index contributed by atoms with van der Waals surface area (Å²) in [6, 6.07) is 5.64. The maximum Gasteiger partial charge on any atom is 0.359 e. The first-order valence-corrected chi connectivity index (χ1v) is 9.28. The summed E-state index contributed by atoms with van der Waals surface area (Å²) in [6.07, 6.45) is 6.79. The summed E-state index contributed by atoms with van der Waals surface area (Å²) in [5.41, 5.74) is 2.13. The van der Waals surface area contributed by atoms with E-state index in [9.17, 15) is 9.46 Å². The van der Waals surface area contributed by atoms with Crippen LogP contribution in [0, 0.1) is 0 Å². The van der Waals surface area contributed by atoms with Crippen molar-refractivity contribution >= 4 is 12.9 Å². The summed E-state index contributed by atoms with van der Waals surface area (Å²) < 4.78 is 18.3. The lowest BCUT2D eigenvalue weighted by Crippen LogP contribution is -2.21. The van der Waals surface area contributed by atoms with E-state index in [4.69, 9.17) is 4.52 Å². The predicted octanol–water partition coefficient (Wildman–Crippen LogP) is 3.97. The van der Waals surface area contributed by atoms with Gasteiger partial charge in [-0.25, -0.2) is 0 Å². The molecule has 1 aliphatic rings. The van der Waals surface area contributed by atoms with Crippen molar-refractivity contribution in [1.29, 1.82) is 0 Å². The van der Waals surface area contributed by atoms with Crippen molar-refractivity contribution in [2.75, 3.05) is 0 Å². The number of aryl methyl sites for hydroxylation is 1. The van der Waals surface area contributed by atoms with E-state index in [1.165, 1.54) is 6.42 Å². The molecule has 0 amide bonds. The van der Waals surface area contributed by atoms with Crippen LogP contribution >= 0.6 is 7.60 Å². The van der Waals surface area contributed by atoms with Gasteiger partial charge in [0.15, 0.2) is 0 Å². The van der Waals surface area contributed by atoms with E-state index < -0.39 is 7.60 Å². The van der Waals surface area contributed by atoms with Crippen molar-refractivity contribution in [3.8, 4) is 0 Å². The molecule has 2 rings (SSSR count). The largest absolute Gasteiger partial charge is 0.359 e. The molecule has 1 aromatic carbocycles. The summed E-state index contributed by atoms with van der Waals surface area (Å²) in [5, 5.41) is 0.505. The normalized spacial score (nSPS) is 19.8. The molecule has 0 spiro atoms. The lowest BCUT2D eigenvalue weighted by molar-refractivity contribution is 0.140. The minimum atomic E-state index is -3.71. The fourth-order valence-corrected chi connectivity index (χ4v) is 4.70. The van der Waals surface area contributed by atoms with E-state index >= 15 is 0 Å². The topological polar surface area (TPSA) is 46.5 Å². The Balaban J connectivity index is 2.26. The Morgan fingerprint density at radius 3 is 2.50 bits per heavy atom. The average Bonchev–Trinajstić information content (AvgIpc) is 2.46. The van der Waals surface area contributed by atoms with Crippen molar-refractivity contribution in [3.05, 3.63) is 29.3 Å². The molecular weight excluding hydrogens is 271 g/mol. The highest BCUT2D eigenvalue weighted by atomic mass is 31.2. The quantitative estimate of drug-likeness (QED) is 0.836. The second kappa shape index (κ2) is 6.89. The van der Waals surface area contributed by atoms with Crippen LogP contribution in [0.3, 0.4) is 0 Å². The standard InChI is InChI=1S/C16H25O3P/c1-3-13-9-8-12-16(15(13)4-2)20(17,18)19-14-10-6-5-7-11-14/h8-9,12,14H,3-7,10-11H2,1-2H3,(H,17,18). The van der Waals surface area contributed by atoms with E-state index in [2.05, 4.69) is 6.92 Å². The minimum absolute atomic E-state index is 0.0606. The second-order valence-corrected chi connectivity index (χ2v) is 7.24. The highest BCUT2D eigenvalue weighted by Crippen LogP contribution is 2.45. The Bertz CT molecular complexity index is 492. The van der Waals surface area contributed by atoms with Crippen LogP contribution in [0.2, 0.25) is 0 Å². The maximum atomic E-state index is 12.7. The first-order chi connectivity index (χ1) is 9.58. The molecular formula is C16H25O3P. The molecule has 20 heavy (non-hydrogen) atoms. The molecule has 1 aliphatic carbocycles. The molecule has 0 heterocycles. The van der Waals surface area contributed by atoms with Crippen LogP contribution in [-0.4, -0.2) is 11.0 Å². The van der Waals surface area contributed by atoms with E-state index in [1.54, 1.807) is 6.07 Å². The maximum absolute atomic E-state index is 12.7. The van der Waals surface area contributed by atoms with Crippen LogP contribution in [0.4, 0.5) is 0 Å². The van der Waals surface area contributed by atoms with Gasteiger partial charge >= 0.3 is 7.60 Å². The lowest BCUT2D eigenvalue weighted by Gasteiger charge is -2.26. The van der Waals surface area contributed by atoms with Crippen molar-refractivity contribution in [2.45, 2.75) is 64.9 Å². The number of benzene rings is 1. The molecule has 1 saturated carbocycles. The molecule has 1 unspecified atom stereocenters. The van der Waals surface area contributed by atoms with E-state index in [0.29, 0.717) is 5.30 Å². The third kappa shape index (κ3) is 3.52. The summed E-state index contributed by atoms with van der Waals surface area (Å²) >= 11 is 0. The highest BCUT2D eigenvalue weighted by molar-refractivity contribution is 7.61. The molecule has 0 aliphatic heterocycles. The van der Waals surface area contributed by atoms with Gasteiger partial charge in [-0.2, -0.15) is 0 Å². The van der Waals surface area contributed by atoms with Crippen LogP contribution < -0.4 is 5.30 Å². The van der Waals surface area contributed by atoms with Gasteiger partial charge < -0.3 is 9.42 Å². The third-order valence-electron chi connectivity index (χ3n) is 4.13. The Morgan fingerprint density at radius 2 is 1.90 bits per heavy atom. The molecule has 0 radical (unpaired) electrons. The van der Waals surface area contributed by atoms with Gasteiger partial charge in [0.1, 0.15) is 0 Å². The summed E-state index contributed by atoms with van der Waals surface area (Å²) in [5.74, 6) is 0. The summed E-state index contributed by atoms with van der Waals surface area (Å²) in [7, 11) is -3.71. The Kier molecular flexibility index (Phi) is 5.42. The zero-order valence-electron chi connectivity index (χ0n) is 12.5. The molecule has 0 saturated heterocycles. The van der Waals surface area contributed by atoms with E-state index in [1.807, 2.05) is 19.1 Å². The molecule has 0 bridgehead atoms. The Morgan fingerprint density at radius 1 is 1.20 bits per heavy atom. The van der Waals surface area contributed by atoms with Crippen LogP contribution in [0.5, 0.6) is 0 Å². The number of rotatable bonds is 5. The van der Waals surface area contributed by atoms with Gasteiger partial charge in [0.05, 0.1) is 11.4 Å². The van der Waals surface area contributed by atoms with Crippen molar-refractivity contribution in [2.24, 2.45) is 0 Å². The van der Waals surface area contributed by atoms with E-state index in [0.717, 1.165) is 49.7 Å². The van der Waals surface area contributed by atoms with Gasteiger partial charge in [-0.15, -0.1) is 0 Å². The monoisotopic (exact) mass is 296 g/mol. The van der Waals surface area contributed by atoms with E-state index in [-0.39, 0.29) is 6.10 Å². The smallest absolute Gasteiger partial charge is 0.321 e. The molecule has 0 aromatic heterocycles. The summed E-state index contributed by atoms with van der Waals surface area (Å²) in [4.78, 5) is 10.4. The van der Waals surface area contributed by atoms with Crippen molar-refractivity contribution in [3.63, 3.8) is 0 Å². The average molecular weight is 296 g/mol. The Hall–Kier alpha value is -0.630. The van der Waals surface area contributed by atoms with Gasteiger partial charge in [0, 0.05) is 0 Å². The molecule has 112 valence electrons. The molecule has 3 nitrogen and oxygen atoms in total. The van der Waals surface area contributed by atoms with Gasteiger partial charge in [-0.05, 0) is 42.9 Å². The van der Waals surface area contributed by atoms with Gasteiger partial charge in [-0.3, -0.25) is 4.57 Å². The fraction of sp³-hybridized carbons (Fsp3) is 0.625. The van der Waals surface area contributed by atoms with Gasteiger partial charge in [0.2, 0.25) is 0 Å². The minimum Gasteiger partial charge on any atom is -0.321 e. The van der Waals surface area contributed by atoms with Gasteiger partial charge in [0.25, 0.3) is 0 Å². The molecule has 1 fully saturated rings. The van der Waals surface area contributed by atoms with Crippen LogP contribution in [0.1, 0.15) is 57.1 Å². The molecule has 4 heteroatoms. The third-order valence-corrected chi connectivity index (χ3v) is 5.74. The lowest BCUT2D eigenvalue weighted by atomic mass is 9.98. The second-order valence-electron chi connectivity index (χ2n) is 5.51. The van der Waals surface area contributed by atoms with Crippen LogP contribution in [0.25, 0.3) is 0 Å². The molecule has 1 N–H and O–H groups in total. The Labute approximate surface area is 121 Å². The molecule has 1 aromatic rings. The van der Waals surface area contributed by atoms with Crippen LogP contribution in [-0.2, 0) is 21.9 Å². The summed E-state index contributed by atoms with van der Waals surface area (Å²) in [6.45, 7) is 4.10. The zero-order chi connectivity index (χ0) is 14.6. The van der Waals surface area contributed by atoms with Crippen molar-refractivity contribution < 1.29 is 14.0 Å². The predicted molar refractivity (Wildman–Crippen MR) is 82.6 cm³/mol. The first kappa shape index (κ1) is 15.8. The SMILES string of the molecule is CCc1cccc(P(=O)(O)OC2CCCCC2)c1CC. The fourth-order valence-electron chi connectivity index (χ4n) is 3.05. The molecule has 1 atom stereocenters.